The highest BCUT2D eigenvalue weighted by Gasteiger charge is 2.62. The zero-order valence-corrected chi connectivity index (χ0v) is 17.8. The highest BCUT2D eigenvalue weighted by molar-refractivity contribution is 7.87. The molecule has 5 atom stereocenters. The lowest BCUT2D eigenvalue weighted by atomic mass is 10.4. The number of likely N-dealkylation sites (N-methyl/N-ethyl adjacent to an activating group) is 2. The smallest absolute Gasteiger partial charge is 0.286 e. The van der Waals surface area contributed by atoms with Crippen molar-refractivity contribution in [2.45, 2.75) is 64.2 Å². The standard InChI is InChI=1S/C14H26N4O8S2/c1-5-7-17-11-12(18(8-6-2)28(17,21)22)26-14(25-11)13-23-9-10(24-13)16(4)27(19,20)15(9)3/h9-14H,5-8H2,1-4H3/t9-,10-,11-,12+,14?/m1/s1. The maximum Gasteiger partial charge on any atom is 0.286 e. The summed E-state index contributed by atoms with van der Waals surface area (Å²) in [5.41, 5.74) is 0. The van der Waals surface area contributed by atoms with Crippen LogP contribution >= 0.6 is 0 Å². The summed E-state index contributed by atoms with van der Waals surface area (Å²) >= 11 is 0. The van der Waals surface area contributed by atoms with E-state index in [-0.39, 0.29) is 0 Å². The molecule has 1 unspecified atom stereocenters. The minimum atomic E-state index is -3.67. The van der Waals surface area contributed by atoms with Crippen LogP contribution in [0.5, 0.6) is 0 Å². The minimum Gasteiger partial charge on any atom is -0.324 e. The van der Waals surface area contributed by atoms with Gasteiger partial charge in [-0.3, -0.25) is 0 Å². The molecule has 0 spiro atoms. The molecular weight excluding hydrogens is 416 g/mol. The van der Waals surface area contributed by atoms with E-state index in [4.69, 9.17) is 18.9 Å². The van der Waals surface area contributed by atoms with Gasteiger partial charge in [0, 0.05) is 27.2 Å². The fourth-order valence-corrected chi connectivity index (χ4v) is 7.05. The third-order valence-corrected chi connectivity index (χ3v) is 9.13. The molecule has 162 valence electrons. The van der Waals surface area contributed by atoms with E-state index in [0.717, 1.165) is 8.61 Å². The molecule has 0 amide bonds. The summed E-state index contributed by atoms with van der Waals surface area (Å²) in [5.74, 6) is 0. The number of fused-ring (bicyclic) bond motifs is 2. The molecule has 0 aromatic carbocycles. The van der Waals surface area contributed by atoms with E-state index in [1.165, 1.54) is 22.7 Å². The van der Waals surface area contributed by atoms with E-state index in [2.05, 4.69) is 0 Å². The van der Waals surface area contributed by atoms with Crippen molar-refractivity contribution in [1.29, 1.82) is 0 Å². The summed E-state index contributed by atoms with van der Waals surface area (Å²) in [5, 5.41) is 0. The predicted octanol–water partition coefficient (Wildman–Crippen LogP) is -1.16. The van der Waals surface area contributed by atoms with E-state index in [1.807, 2.05) is 13.8 Å². The van der Waals surface area contributed by atoms with Crippen molar-refractivity contribution in [3.8, 4) is 0 Å². The number of hydrogen-bond donors (Lipinski definition) is 0. The minimum absolute atomic E-state index is 0.307. The SMILES string of the molecule is CCCN1[C@@H]2OC(C3O[C@@H]4[C@@H](O3)N(C)S(=O)(=O)N4C)O[C@@H]2N(CCC)S1(=O)=O. The first kappa shape index (κ1) is 20.8. The Morgan fingerprint density at radius 2 is 1.00 bits per heavy atom. The number of rotatable bonds is 5. The Hall–Kier alpha value is -0.420. The molecule has 0 aliphatic carbocycles. The van der Waals surface area contributed by atoms with E-state index in [1.54, 1.807) is 0 Å². The molecule has 0 aromatic rings. The van der Waals surface area contributed by atoms with Crippen molar-refractivity contribution < 1.29 is 35.8 Å². The Morgan fingerprint density at radius 3 is 1.36 bits per heavy atom. The molecule has 0 bridgehead atoms. The summed E-state index contributed by atoms with van der Waals surface area (Å²) in [6, 6.07) is 0. The molecule has 0 aromatic heterocycles. The zero-order chi connectivity index (χ0) is 20.4. The molecule has 0 saturated carbocycles. The van der Waals surface area contributed by atoms with Crippen LogP contribution in [0.15, 0.2) is 0 Å². The second-order valence-electron chi connectivity index (χ2n) is 7.11. The monoisotopic (exact) mass is 442 g/mol. The molecule has 0 radical (unpaired) electrons. The Balaban J connectivity index is 1.52. The van der Waals surface area contributed by atoms with Crippen LogP contribution in [0.1, 0.15) is 26.7 Å². The second kappa shape index (κ2) is 7.08. The van der Waals surface area contributed by atoms with Crippen molar-refractivity contribution in [2.75, 3.05) is 27.2 Å². The number of ether oxygens (including phenoxy) is 4. The predicted molar refractivity (Wildman–Crippen MR) is 94.4 cm³/mol. The zero-order valence-electron chi connectivity index (χ0n) is 16.2. The van der Waals surface area contributed by atoms with Crippen molar-refractivity contribution in [3.05, 3.63) is 0 Å². The molecule has 4 aliphatic heterocycles. The molecular formula is C14H26N4O8S2. The Bertz CT molecular complexity index is 771. The Morgan fingerprint density at radius 1 is 0.643 bits per heavy atom. The molecule has 4 rings (SSSR count). The molecule has 14 heteroatoms. The largest absolute Gasteiger partial charge is 0.324 e. The third kappa shape index (κ3) is 2.85. The highest BCUT2D eigenvalue weighted by atomic mass is 32.2. The van der Waals surface area contributed by atoms with Crippen molar-refractivity contribution in [2.24, 2.45) is 0 Å². The molecule has 4 aliphatic rings. The first-order valence-electron chi connectivity index (χ1n) is 9.26. The van der Waals surface area contributed by atoms with Crippen molar-refractivity contribution in [1.82, 2.24) is 17.2 Å². The lowest BCUT2D eigenvalue weighted by Crippen LogP contribution is -2.42. The van der Waals surface area contributed by atoms with Crippen LogP contribution in [-0.4, -0.2) is 98.7 Å². The van der Waals surface area contributed by atoms with Crippen LogP contribution in [0, 0.1) is 0 Å². The van der Waals surface area contributed by atoms with E-state index >= 15 is 0 Å². The van der Waals surface area contributed by atoms with Crippen LogP contribution in [-0.2, 0) is 39.4 Å². The lowest BCUT2D eigenvalue weighted by molar-refractivity contribution is -0.237. The van der Waals surface area contributed by atoms with Crippen LogP contribution in [0.3, 0.4) is 0 Å². The topological polar surface area (TPSA) is 118 Å². The molecule has 28 heavy (non-hydrogen) atoms. The van der Waals surface area contributed by atoms with Gasteiger partial charge in [0.1, 0.15) is 0 Å². The van der Waals surface area contributed by atoms with Gasteiger partial charge in [0.05, 0.1) is 0 Å². The summed E-state index contributed by atoms with van der Waals surface area (Å²) < 4.78 is 77.9. The van der Waals surface area contributed by atoms with Gasteiger partial charge in [-0.05, 0) is 12.8 Å². The Labute approximate surface area is 165 Å². The molecule has 0 N–H and O–H groups in total. The average Bonchev–Trinajstić information content (AvgIpc) is 3.32. The Kier molecular flexibility index (Phi) is 5.27. The first-order valence-corrected chi connectivity index (χ1v) is 12.1. The highest BCUT2D eigenvalue weighted by Crippen LogP contribution is 2.41. The second-order valence-corrected chi connectivity index (χ2v) is 11.0. The molecule has 4 saturated heterocycles. The summed E-state index contributed by atoms with van der Waals surface area (Å²) in [7, 11) is -4.48. The van der Waals surface area contributed by atoms with E-state index in [0.29, 0.717) is 25.9 Å². The molecule has 4 heterocycles. The normalized spacial score (nSPS) is 41.6. The van der Waals surface area contributed by atoms with Crippen molar-refractivity contribution >= 4 is 20.4 Å². The molecule has 4 fully saturated rings. The van der Waals surface area contributed by atoms with E-state index < -0.39 is 57.9 Å². The van der Waals surface area contributed by atoms with Gasteiger partial charge in [-0.25, -0.2) is 0 Å². The van der Waals surface area contributed by atoms with Gasteiger partial charge < -0.3 is 18.9 Å². The van der Waals surface area contributed by atoms with Crippen LogP contribution < -0.4 is 0 Å². The first-order chi connectivity index (χ1) is 13.1. The number of hydrogen-bond acceptors (Lipinski definition) is 8. The molecule has 12 nitrogen and oxygen atoms in total. The third-order valence-electron chi connectivity index (χ3n) is 5.30. The van der Waals surface area contributed by atoms with Gasteiger partial charge in [0.15, 0.2) is 24.9 Å². The summed E-state index contributed by atoms with van der Waals surface area (Å²) in [4.78, 5) is 0. The number of nitrogens with zero attached hydrogens (tertiary/aromatic N) is 4. The van der Waals surface area contributed by atoms with Crippen LogP contribution in [0.2, 0.25) is 0 Å². The van der Waals surface area contributed by atoms with Gasteiger partial charge in [-0.15, -0.1) is 0 Å². The van der Waals surface area contributed by atoms with E-state index in [9.17, 15) is 16.8 Å². The van der Waals surface area contributed by atoms with Crippen LogP contribution in [0.25, 0.3) is 0 Å². The summed E-state index contributed by atoms with van der Waals surface area (Å²) in [6.07, 6.45) is -3.93. The van der Waals surface area contributed by atoms with Crippen LogP contribution in [0.4, 0.5) is 0 Å². The maximum atomic E-state index is 12.8. The van der Waals surface area contributed by atoms with Gasteiger partial charge in [0.2, 0.25) is 12.6 Å². The quantitative estimate of drug-likeness (QED) is 0.523. The fourth-order valence-electron chi connectivity index (χ4n) is 3.88. The van der Waals surface area contributed by atoms with Gasteiger partial charge in [-0.2, -0.15) is 34.1 Å². The maximum absolute atomic E-state index is 12.8. The van der Waals surface area contributed by atoms with Gasteiger partial charge in [-0.1, -0.05) is 13.8 Å². The lowest BCUT2D eigenvalue weighted by Gasteiger charge is -2.26. The van der Waals surface area contributed by atoms with Crippen molar-refractivity contribution in [3.63, 3.8) is 0 Å². The van der Waals surface area contributed by atoms with Gasteiger partial charge in [0.25, 0.3) is 20.4 Å². The van der Waals surface area contributed by atoms with Gasteiger partial charge >= 0.3 is 0 Å². The fraction of sp³-hybridized carbons (Fsp3) is 1.00. The average molecular weight is 443 g/mol. The summed E-state index contributed by atoms with van der Waals surface area (Å²) in [6.45, 7) is 4.38.